The van der Waals surface area contributed by atoms with Crippen LogP contribution in [0.1, 0.15) is 77.6 Å². The van der Waals surface area contributed by atoms with Crippen molar-refractivity contribution in [2.75, 3.05) is 6.54 Å². The zero-order valence-corrected chi connectivity index (χ0v) is 13.3. The van der Waals surface area contributed by atoms with E-state index in [2.05, 4.69) is 18.8 Å². The Bertz CT molecular complexity index is 207. The van der Waals surface area contributed by atoms with Crippen LogP contribution in [0.25, 0.3) is 0 Å². The minimum Gasteiger partial charge on any atom is -0.367 e. The van der Waals surface area contributed by atoms with E-state index in [0.717, 1.165) is 12.8 Å². The number of hydrogen-bond acceptors (Lipinski definition) is 3. The van der Waals surface area contributed by atoms with E-state index in [1.807, 2.05) is 0 Å². The molecule has 0 aromatic carbocycles. The molecule has 0 aromatic heterocycles. The van der Waals surface area contributed by atoms with Crippen LogP contribution in [0, 0.1) is 0 Å². The Balaban J connectivity index is 3.34. The molecule has 0 aliphatic carbocycles. The van der Waals surface area contributed by atoms with Crippen LogP contribution in [-0.4, -0.2) is 29.1 Å². The lowest BCUT2D eigenvalue weighted by atomic mass is 10.0. The monoisotopic (exact) mass is 285 g/mol. The van der Waals surface area contributed by atoms with Crippen LogP contribution < -0.4 is 5.32 Å². The standard InChI is InChI=1S/C17H35NO2/c1-3-5-6-7-8-9-10-11-12-13-14-16(17(19)20)18-15-4-2/h4,16-20H,2-3,5-15H2,1H3. The Morgan fingerprint density at radius 2 is 1.40 bits per heavy atom. The highest BCUT2D eigenvalue weighted by atomic mass is 16.5. The normalized spacial score (nSPS) is 12.8. The predicted octanol–water partition coefficient (Wildman–Crippen LogP) is 3.75. The Morgan fingerprint density at radius 3 is 1.85 bits per heavy atom. The van der Waals surface area contributed by atoms with Gasteiger partial charge in [-0.25, -0.2) is 0 Å². The van der Waals surface area contributed by atoms with Gasteiger partial charge in [-0.3, -0.25) is 0 Å². The van der Waals surface area contributed by atoms with Gasteiger partial charge in [0.15, 0.2) is 6.29 Å². The van der Waals surface area contributed by atoms with Crippen molar-refractivity contribution in [3.8, 4) is 0 Å². The summed E-state index contributed by atoms with van der Waals surface area (Å²) < 4.78 is 0. The van der Waals surface area contributed by atoms with Gasteiger partial charge in [0.1, 0.15) is 0 Å². The van der Waals surface area contributed by atoms with E-state index >= 15 is 0 Å². The van der Waals surface area contributed by atoms with Crippen LogP contribution in [0.15, 0.2) is 12.7 Å². The Kier molecular flexibility index (Phi) is 14.7. The highest BCUT2D eigenvalue weighted by molar-refractivity contribution is 4.76. The number of aliphatic hydroxyl groups is 2. The molecule has 1 atom stereocenters. The van der Waals surface area contributed by atoms with E-state index in [-0.39, 0.29) is 6.04 Å². The first-order valence-corrected chi connectivity index (χ1v) is 8.42. The molecule has 20 heavy (non-hydrogen) atoms. The SMILES string of the molecule is C=CCNC(CCCCCCCCCCCC)C(O)O. The first-order valence-electron chi connectivity index (χ1n) is 8.42. The summed E-state index contributed by atoms with van der Waals surface area (Å²) in [4.78, 5) is 0. The van der Waals surface area contributed by atoms with E-state index in [0.29, 0.717) is 6.54 Å². The maximum Gasteiger partial charge on any atom is 0.167 e. The summed E-state index contributed by atoms with van der Waals surface area (Å²) in [7, 11) is 0. The van der Waals surface area contributed by atoms with Crippen LogP contribution in [0.5, 0.6) is 0 Å². The van der Waals surface area contributed by atoms with Gasteiger partial charge in [0.05, 0.1) is 6.04 Å². The summed E-state index contributed by atoms with van der Waals surface area (Å²) in [5.41, 5.74) is 0. The van der Waals surface area contributed by atoms with E-state index in [1.54, 1.807) is 6.08 Å². The average molecular weight is 285 g/mol. The Morgan fingerprint density at radius 1 is 0.900 bits per heavy atom. The lowest BCUT2D eigenvalue weighted by molar-refractivity contribution is -0.0683. The first-order chi connectivity index (χ1) is 9.72. The molecule has 1 unspecified atom stereocenters. The van der Waals surface area contributed by atoms with Gasteiger partial charge in [0, 0.05) is 6.54 Å². The molecule has 3 nitrogen and oxygen atoms in total. The molecule has 0 rings (SSSR count). The summed E-state index contributed by atoms with van der Waals surface area (Å²) in [6.07, 6.45) is 14.3. The second kappa shape index (κ2) is 15.0. The molecule has 0 aliphatic rings. The van der Waals surface area contributed by atoms with Gasteiger partial charge >= 0.3 is 0 Å². The van der Waals surface area contributed by atoms with Crippen molar-refractivity contribution in [2.24, 2.45) is 0 Å². The van der Waals surface area contributed by atoms with Gasteiger partial charge in [-0.2, -0.15) is 0 Å². The van der Waals surface area contributed by atoms with Crippen LogP contribution in [0.4, 0.5) is 0 Å². The molecule has 3 N–H and O–H groups in total. The number of aliphatic hydroxyl groups excluding tert-OH is 1. The van der Waals surface area contributed by atoms with Crippen LogP contribution in [0.2, 0.25) is 0 Å². The van der Waals surface area contributed by atoms with Gasteiger partial charge < -0.3 is 15.5 Å². The first kappa shape index (κ1) is 19.6. The molecule has 0 saturated heterocycles. The molecular weight excluding hydrogens is 250 g/mol. The zero-order valence-electron chi connectivity index (χ0n) is 13.3. The fourth-order valence-electron chi connectivity index (χ4n) is 2.44. The molecule has 0 amide bonds. The number of unbranched alkanes of at least 4 members (excludes halogenated alkanes) is 9. The van der Waals surface area contributed by atoms with Gasteiger partial charge in [-0.15, -0.1) is 6.58 Å². The molecule has 0 aromatic rings. The third-order valence-corrected chi connectivity index (χ3v) is 3.75. The topological polar surface area (TPSA) is 52.5 Å². The lowest BCUT2D eigenvalue weighted by Crippen LogP contribution is -2.39. The number of hydrogen-bond donors (Lipinski definition) is 3. The third-order valence-electron chi connectivity index (χ3n) is 3.75. The average Bonchev–Trinajstić information content (AvgIpc) is 2.43. The molecule has 0 heterocycles. The van der Waals surface area contributed by atoms with Crippen molar-refractivity contribution >= 4 is 0 Å². The van der Waals surface area contributed by atoms with Gasteiger partial charge in [-0.1, -0.05) is 77.2 Å². The molecule has 120 valence electrons. The van der Waals surface area contributed by atoms with Gasteiger partial charge in [-0.05, 0) is 6.42 Å². The van der Waals surface area contributed by atoms with E-state index in [9.17, 15) is 10.2 Å². The largest absolute Gasteiger partial charge is 0.367 e. The van der Waals surface area contributed by atoms with Crippen molar-refractivity contribution in [1.29, 1.82) is 0 Å². The van der Waals surface area contributed by atoms with Crippen molar-refractivity contribution in [3.63, 3.8) is 0 Å². The molecule has 0 saturated carbocycles. The summed E-state index contributed by atoms with van der Waals surface area (Å²) in [5.74, 6) is 0. The van der Waals surface area contributed by atoms with E-state index in [4.69, 9.17) is 0 Å². The summed E-state index contributed by atoms with van der Waals surface area (Å²) in [6, 6.07) is -0.220. The van der Waals surface area contributed by atoms with Crippen LogP contribution in [0.3, 0.4) is 0 Å². The Hall–Kier alpha value is -0.380. The Labute approximate surface area is 125 Å². The van der Waals surface area contributed by atoms with Crippen molar-refractivity contribution in [3.05, 3.63) is 12.7 Å². The van der Waals surface area contributed by atoms with Crippen LogP contribution in [-0.2, 0) is 0 Å². The maximum absolute atomic E-state index is 9.24. The second-order valence-corrected chi connectivity index (χ2v) is 5.69. The maximum atomic E-state index is 9.24. The minimum absolute atomic E-state index is 0.220. The van der Waals surface area contributed by atoms with Gasteiger partial charge in [0.25, 0.3) is 0 Å². The highest BCUT2D eigenvalue weighted by Crippen LogP contribution is 2.12. The van der Waals surface area contributed by atoms with E-state index < -0.39 is 6.29 Å². The van der Waals surface area contributed by atoms with E-state index in [1.165, 1.54) is 57.8 Å². The lowest BCUT2D eigenvalue weighted by Gasteiger charge is -2.19. The minimum atomic E-state index is -1.27. The summed E-state index contributed by atoms with van der Waals surface area (Å²) in [6.45, 7) is 6.50. The fraction of sp³-hybridized carbons (Fsp3) is 0.882. The smallest absolute Gasteiger partial charge is 0.167 e. The molecule has 0 radical (unpaired) electrons. The van der Waals surface area contributed by atoms with Crippen molar-refractivity contribution < 1.29 is 10.2 Å². The third kappa shape index (κ3) is 12.6. The summed E-state index contributed by atoms with van der Waals surface area (Å²) >= 11 is 0. The molecule has 0 aliphatic heterocycles. The molecule has 0 spiro atoms. The zero-order chi connectivity index (χ0) is 15.1. The molecular formula is C17H35NO2. The van der Waals surface area contributed by atoms with Crippen molar-refractivity contribution in [1.82, 2.24) is 5.32 Å². The molecule has 0 bridgehead atoms. The molecule has 0 fully saturated rings. The molecule has 3 heteroatoms. The fourth-order valence-corrected chi connectivity index (χ4v) is 2.44. The highest BCUT2D eigenvalue weighted by Gasteiger charge is 2.14. The summed E-state index contributed by atoms with van der Waals surface area (Å²) in [5, 5.41) is 21.6. The number of rotatable bonds is 15. The second-order valence-electron chi connectivity index (χ2n) is 5.69. The number of nitrogens with one attached hydrogen (secondary N) is 1. The van der Waals surface area contributed by atoms with Crippen LogP contribution >= 0.6 is 0 Å². The quantitative estimate of drug-likeness (QED) is 0.244. The predicted molar refractivity (Wildman–Crippen MR) is 86.7 cm³/mol. The van der Waals surface area contributed by atoms with Crippen molar-refractivity contribution in [2.45, 2.75) is 89.9 Å². The van der Waals surface area contributed by atoms with Gasteiger partial charge in [0.2, 0.25) is 0 Å².